The highest BCUT2D eigenvalue weighted by Crippen LogP contribution is 2.28. The van der Waals surface area contributed by atoms with E-state index in [2.05, 4.69) is 21.2 Å². The number of halogens is 1. The molecule has 0 radical (unpaired) electrons. The molecule has 19 heavy (non-hydrogen) atoms. The molecule has 104 valence electrons. The van der Waals surface area contributed by atoms with Crippen LogP contribution < -0.4 is 10.1 Å². The molecule has 1 unspecified atom stereocenters. The molecule has 1 aromatic carbocycles. The van der Waals surface area contributed by atoms with Crippen molar-refractivity contribution in [2.45, 2.75) is 38.3 Å². The van der Waals surface area contributed by atoms with Gasteiger partial charge in [-0.2, -0.15) is 0 Å². The second kappa shape index (κ2) is 6.39. The average Bonchev–Trinajstić information content (AvgIpc) is 3.14. The fourth-order valence-electron chi connectivity index (χ4n) is 1.76. The smallest absolute Gasteiger partial charge is 0.223 e. The fraction of sp³-hybridized carbons (Fsp3) is 0.500. The molecule has 5 heteroatoms. The van der Waals surface area contributed by atoms with Crippen LogP contribution in [0.5, 0.6) is 5.75 Å². The molecule has 4 nitrogen and oxygen atoms in total. The first-order chi connectivity index (χ1) is 9.06. The van der Waals surface area contributed by atoms with Gasteiger partial charge in [-0.3, -0.25) is 4.79 Å². The first-order valence-electron chi connectivity index (χ1n) is 6.46. The lowest BCUT2D eigenvalue weighted by molar-refractivity contribution is -0.121. The van der Waals surface area contributed by atoms with Crippen LogP contribution in [0.2, 0.25) is 0 Å². The summed E-state index contributed by atoms with van der Waals surface area (Å²) in [4.78, 5) is 11.5. The minimum absolute atomic E-state index is 0.0261. The summed E-state index contributed by atoms with van der Waals surface area (Å²) >= 11 is 3.36. The molecule has 0 aromatic heterocycles. The van der Waals surface area contributed by atoms with Gasteiger partial charge < -0.3 is 15.2 Å². The Hall–Kier alpha value is -1.07. The Morgan fingerprint density at radius 3 is 2.95 bits per heavy atom. The minimum atomic E-state index is -0.604. The van der Waals surface area contributed by atoms with Crippen molar-refractivity contribution in [3.63, 3.8) is 0 Å². The van der Waals surface area contributed by atoms with E-state index in [0.29, 0.717) is 24.8 Å². The molecule has 2 N–H and O–H groups in total. The van der Waals surface area contributed by atoms with Crippen molar-refractivity contribution in [1.82, 2.24) is 5.32 Å². The van der Waals surface area contributed by atoms with Crippen LogP contribution in [-0.4, -0.2) is 23.7 Å². The molecular formula is C14H18BrNO3. The lowest BCUT2D eigenvalue weighted by Crippen LogP contribution is -2.26. The number of benzene rings is 1. The van der Waals surface area contributed by atoms with Crippen LogP contribution in [0.1, 0.15) is 37.9 Å². The van der Waals surface area contributed by atoms with Crippen LogP contribution in [-0.2, 0) is 4.79 Å². The second-order valence-electron chi connectivity index (χ2n) is 4.80. The number of aliphatic hydroxyl groups is 1. The zero-order valence-electron chi connectivity index (χ0n) is 10.9. The van der Waals surface area contributed by atoms with E-state index in [1.807, 2.05) is 12.1 Å². The fourth-order valence-corrected chi connectivity index (χ4v) is 2.14. The van der Waals surface area contributed by atoms with Crippen molar-refractivity contribution in [3.8, 4) is 5.75 Å². The summed E-state index contributed by atoms with van der Waals surface area (Å²) in [5.41, 5.74) is 0.719. The maximum absolute atomic E-state index is 11.5. The molecule has 1 saturated carbocycles. The van der Waals surface area contributed by atoms with E-state index in [1.165, 1.54) is 0 Å². The van der Waals surface area contributed by atoms with E-state index < -0.39 is 6.10 Å². The maximum atomic E-state index is 11.5. The molecule has 1 fully saturated rings. The molecule has 1 aliphatic rings. The van der Waals surface area contributed by atoms with E-state index in [9.17, 15) is 9.90 Å². The van der Waals surface area contributed by atoms with Gasteiger partial charge in [0.1, 0.15) is 5.75 Å². The summed E-state index contributed by atoms with van der Waals surface area (Å²) in [5, 5.41) is 12.6. The summed E-state index contributed by atoms with van der Waals surface area (Å²) in [6.45, 7) is 2.01. The topological polar surface area (TPSA) is 58.6 Å². The van der Waals surface area contributed by atoms with Crippen LogP contribution in [0.3, 0.4) is 0 Å². The molecule has 2 rings (SSSR count). The summed E-state index contributed by atoms with van der Waals surface area (Å²) in [6, 6.07) is 5.86. The Labute approximate surface area is 121 Å². The number of carbonyl (C=O) groups excluding carboxylic acids is 1. The predicted molar refractivity (Wildman–Crippen MR) is 76.1 cm³/mol. The summed E-state index contributed by atoms with van der Waals surface area (Å²) in [7, 11) is 0. The van der Waals surface area contributed by atoms with Crippen LogP contribution in [0.15, 0.2) is 22.7 Å². The normalized spacial score (nSPS) is 15.9. The molecule has 1 aromatic rings. The molecule has 0 spiro atoms. The third-order valence-electron chi connectivity index (χ3n) is 2.95. The van der Waals surface area contributed by atoms with E-state index in [1.54, 1.807) is 13.0 Å². The largest absolute Gasteiger partial charge is 0.493 e. The monoisotopic (exact) mass is 327 g/mol. The number of aliphatic hydroxyl groups excluding tert-OH is 1. The van der Waals surface area contributed by atoms with Crippen molar-refractivity contribution in [2.75, 3.05) is 6.61 Å². The molecule has 0 saturated heterocycles. The standard InChI is InChI=1S/C14H18BrNO3/c1-9(17)12-8-10(15)2-5-13(12)19-7-6-14(18)16-11-3-4-11/h2,5,8-9,11,17H,3-4,6-7H2,1H3,(H,16,18). The molecule has 1 aliphatic carbocycles. The summed E-state index contributed by atoms with van der Waals surface area (Å²) in [6.07, 6.45) is 1.91. The van der Waals surface area contributed by atoms with Crippen LogP contribution in [0.25, 0.3) is 0 Å². The van der Waals surface area contributed by atoms with Crippen LogP contribution >= 0.6 is 15.9 Å². The number of nitrogens with one attached hydrogen (secondary N) is 1. The number of carbonyl (C=O) groups is 1. The van der Waals surface area contributed by atoms with Gasteiger partial charge >= 0.3 is 0 Å². The van der Waals surface area contributed by atoms with Gasteiger partial charge in [0.2, 0.25) is 5.91 Å². The number of hydrogen-bond acceptors (Lipinski definition) is 3. The highest BCUT2D eigenvalue weighted by Gasteiger charge is 2.22. The van der Waals surface area contributed by atoms with Gasteiger partial charge in [0, 0.05) is 16.1 Å². The molecule has 0 aliphatic heterocycles. The van der Waals surface area contributed by atoms with Gasteiger partial charge in [-0.1, -0.05) is 15.9 Å². The third-order valence-corrected chi connectivity index (χ3v) is 3.44. The van der Waals surface area contributed by atoms with Crippen molar-refractivity contribution < 1.29 is 14.6 Å². The lowest BCUT2D eigenvalue weighted by atomic mass is 10.1. The zero-order valence-corrected chi connectivity index (χ0v) is 12.4. The molecule has 0 heterocycles. The van der Waals surface area contributed by atoms with Gasteiger partial charge in [0.15, 0.2) is 0 Å². The number of rotatable bonds is 6. The predicted octanol–water partition coefficient (Wildman–Crippen LogP) is 2.55. The SMILES string of the molecule is CC(O)c1cc(Br)ccc1OCCC(=O)NC1CC1. The van der Waals surface area contributed by atoms with Crippen LogP contribution in [0, 0.1) is 0 Å². The van der Waals surface area contributed by atoms with Gasteiger partial charge in [-0.15, -0.1) is 0 Å². The Balaban J connectivity index is 1.86. The van der Waals surface area contributed by atoms with Crippen molar-refractivity contribution in [1.29, 1.82) is 0 Å². The number of amides is 1. The number of ether oxygens (including phenoxy) is 1. The first kappa shape index (κ1) is 14.3. The van der Waals surface area contributed by atoms with Gasteiger partial charge in [0.05, 0.1) is 19.1 Å². The Kier molecular flexibility index (Phi) is 4.82. The summed E-state index contributed by atoms with van der Waals surface area (Å²) in [5.74, 6) is 0.649. The van der Waals surface area contributed by atoms with Crippen molar-refractivity contribution >= 4 is 21.8 Å². The molecule has 1 amide bonds. The Bertz CT molecular complexity index is 458. The molecular weight excluding hydrogens is 310 g/mol. The number of hydrogen-bond donors (Lipinski definition) is 2. The maximum Gasteiger partial charge on any atom is 0.223 e. The van der Waals surface area contributed by atoms with Crippen molar-refractivity contribution in [3.05, 3.63) is 28.2 Å². The second-order valence-corrected chi connectivity index (χ2v) is 5.71. The van der Waals surface area contributed by atoms with Gasteiger partial charge in [-0.05, 0) is 38.0 Å². The third kappa shape index (κ3) is 4.51. The highest BCUT2D eigenvalue weighted by molar-refractivity contribution is 9.10. The average molecular weight is 328 g/mol. The van der Waals surface area contributed by atoms with Crippen molar-refractivity contribution in [2.24, 2.45) is 0 Å². The van der Waals surface area contributed by atoms with Gasteiger partial charge in [-0.25, -0.2) is 0 Å². The minimum Gasteiger partial charge on any atom is -0.493 e. The lowest BCUT2D eigenvalue weighted by Gasteiger charge is -2.13. The van der Waals surface area contributed by atoms with E-state index >= 15 is 0 Å². The van der Waals surface area contributed by atoms with E-state index in [0.717, 1.165) is 22.9 Å². The van der Waals surface area contributed by atoms with Gasteiger partial charge in [0.25, 0.3) is 0 Å². The van der Waals surface area contributed by atoms with E-state index in [4.69, 9.17) is 4.74 Å². The Morgan fingerprint density at radius 1 is 1.58 bits per heavy atom. The molecule has 1 atom stereocenters. The highest BCUT2D eigenvalue weighted by atomic mass is 79.9. The quantitative estimate of drug-likeness (QED) is 0.844. The van der Waals surface area contributed by atoms with E-state index in [-0.39, 0.29) is 5.91 Å². The zero-order chi connectivity index (χ0) is 13.8. The Morgan fingerprint density at radius 2 is 2.32 bits per heavy atom. The molecule has 0 bridgehead atoms. The van der Waals surface area contributed by atoms with Crippen LogP contribution in [0.4, 0.5) is 0 Å². The summed E-state index contributed by atoms with van der Waals surface area (Å²) < 4.78 is 6.48. The first-order valence-corrected chi connectivity index (χ1v) is 7.25.